The van der Waals surface area contributed by atoms with Crippen molar-refractivity contribution in [3.8, 4) is 22.8 Å². The van der Waals surface area contributed by atoms with E-state index in [1.165, 1.54) is 6.21 Å². The van der Waals surface area contributed by atoms with E-state index in [1.54, 1.807) is 48.5 Å². The van der Waals surface area contributed by atoms with Crippen LogP contribution in [-0.4, -0.2) is 25.5 Å². The Bertz CT molecular complexity index is 1080. The molecule has 148 valence electrons. The smallest absolute Gasteiger partial charge is 0.259 e. The van der Waals surface area contributed by atoms with Crippen LogP contribution in [0.4, 0.5) is 5.69 Å². The quantitative estimate of drug-likeness (QED) is 0.441. The maximum Gasteiger partial charge on any atom is 0.259 e. The predicted octanol–water partition coefficient (Wildman–Crippen LogP) is 4.54. The SMILES string of the molecule is O=C(CNc1ccc2c(c1)OCO2)N/N=C/c1ccc(-c2ccc(Cl)cc2Cl)o1. The fourth-order valence-corrected chi connectivity index (χ4v) is 3.15. The molecule has 2 aromatic carbocycles. The Hall–Kier alpha value is -3.16. The van der Waals surface area contributed by atoms with Gasteiger partial charge in [-0.1, -0.05) is 23.2 Å². The Morgan fingerprint density at radius 1 is 1.07 bits per heavy atom. The highest BCUT2D eigenvalue weighted by molar-refractivity contribution is 6.36. The Morgan fingerprint density at radius 2 is 1.93 bits per heavy atom. The Balaban J connectivity index is 1.30. The molecule has 0 unspecified atom stereocenters. The topological polar surface area (TPSA) is 85.1 Å². The molecule has 3 aromatic rings. The third-order valence-corrected chi connectivity index (χ3v) is 4.58. The van der Waals surface area contributed by atoms with Crippen LogP contribution in [0.5, 0.6) is 11.5 Å². The number of hydrogen-bond donors (Lipinski definition) is 2. The van der Waals surface area contributed by atoms with Gasteiger partial charge in [-0.2, -0.15) is 5.10 Å². The summed E-state index contributed by atoms with van der Waals surface area (Å²) in [6.07, 6.45) is 1.41. The van der Waals surface area contributed by atoms with Crippen LogP contribution in [0.1, 0.15) is 5.76 Å². The maximum absolute atomic E-state index is 11.9. The van der Waals surface area contributed by atoms with Gasteiger partial charge in [0.15, 0.2) is 11.5 Å². The molecule has 29 heavy (non-hydrogen) atoms. The molecule has 2 heterocycles. The van der Waals surface area contributed by atoms with E-state index in [0.29, 0.717) is 38.6 Å². The summed E-state index contributed by atoms with van der Waals surface area (Å²) in [4.78, 5) is 11.9. The summed E-state index contributed by atoms with van der Waals surface area (Å²) in [6.45, 7) is 0.244. The van der Waals surface area contributed by atoms with Crippen LogP contribution in [0.3, 0.4) is 0 Å². The number of carbonyl (C=O) groups is 1. The molecule has 0 saturated carbocycles. The molecule has 7 nitrogen and oxygen atoms in total. The van der Waals surface area contributed by atoms with Crippen molar-refractivity contribution in [2.45, 2.75) is 0 Å². The van der Waals surface area contributed by atoms with Crippen molar-refractivity contribution < 1.29 is 18.7 Å². The van der Waals surface area contributed by atoms with Gasteiger partial charge in [0.05, 0.1) is 17.8 Å². The predicted molar refractivity (Wildman–Crippen MR) is 111 cm³/mol. The highest BCUT2D eigenvalue weighted by Crippen LogP contribution is 2.34. The van der Waals surface area contributed by atoms with E-state index in [-0.39, 0.29) is 19.2 Å². The van der Waals surface area contributed by atoms with Crippen LogP contribution >= 0.6 is 23.2 Å². The summed E-state index contributed by atoms with van der Waals surface area (Å²) in [5.41, 5.74) is 3.89. The number of carbonyl (C=O) groups excluding carboxylic acids is 1. The fraction of sp³-hybridized carbons (Fsp3) is 0.100. The van der Waals surface area contributed by atoms with Crippen molar-refractivity contribution in [3.05, 3.63) is 64.3 Å². The summed E-state index contributed by atoms with van der Waals surface area (Å²) >= 11 is 12.1. The van der Waals surface area contributed by atoms with Gasteiger partial charge in [0.25, 0.3) is 5.91 Å². The van der Waals surface area contributed by atoms with Gasteiger partial charge in [-0.05, 0) is 42.5 Å². The van der Waals surface area contributed by atoms with Crippen molar-refractivity contribution in [1.29, 1.82) is 0 Å². The van der Waals surface area contributed by atoms with Crippen molar-refractivity contribution in [1.82, 2.24) is 5.43 Å². The molecule has 0 atom stereocenters. The lowest BCUT2D eigenvalue weighted by molar-refractivity contribution is -0.119. The molecule has 0 bridgehead atoms. The number of ether oxygens (including phenoxy) is 2. The number of amides is 1. The van der Waals surface area contributed by atoms with Gasteiger partial charge in [0.1, 0.15) is 11.5 Å². The van der Waals surface area contributed by atoms with E-state index in [9.17, 15) is 4.79 Å². The summed E-state index contributed by atoms with van der Waals surface area (Å²) in [5, 5.41) is 7.92. The molecule has 1 aliphatic rings. The minimum Gasteiger partial charge on any atom is -0.455 e. The number of halogens is 2. The molecule has 0 saturated heterocycles. The first-order chi connectivity index (χ1) is 14.1. The monoisotopic (exact) mass is 431 g/mol. The van der Waals surface area contributed by atoms with Gasteiger partial charge in [0, 0.05) is 22.3 Å². The molecule has 1 amide bonds. The van der Waals surface area contributed by atoms with Crippen LogP contribution in [0.2, 0.25) is 10.0 Å². The number of hydrogen-bond acceptors (Lipinski definition) is 6. The number of hydrazone groups is 1. The lowest BCUT2D eigenvalue weighted by Gasteiger charge is -2.06. The zero-order chi connectivity index (χ0) is 20.2. The lowest BCUT2D eigenvalue weighted by Crippen LogP contribution is -2.25. The number of benzene rings is 2. The summed E-state index contributed by atoms with van der Waals surface area (Å²) in [5.74, 6) is 2.05. The Kier molecular flexibility index (Phi) is 5.59. The van der Waals surface area contributed by atoms with Crippen LogP contribution in [-0.2, 0) is 4.79 Å². The summed E-state index contributed by atoms with van der Waals surface area (Å²) in [7, 11) is 0. The minimum absolute atomic E-state index is 0.0424. The first kappa shape index (κ1) is 19.2. The molecule has 0 spiro atoms. The van der Waals surface area contributed by atoms with Crippen molar-refractivity contribution in [2.75, 3.05) is 18.7 Å². The van der Waals surface area contributed by atoms with Crippen molar-refractivity contribution in [2.24, 2.45) is 5.10 Å². The third-order valence-electron chi connectivity index (χ3n) is 4.03. The molecule has 9 heteroatoms. The molecular weight excluding hydrogens is 417 g/mol. The fourth-order valence-electron chi connectivity index (χ4n) is 2.65. The van der Waals surface area contributed by atoms with E-state index in [0.717, 1.165) is 5.69 Å². The van der Waals surface area contributed by atoms with Crippen molar-refractivity contribution >= 4 is 41.0 Å². The number of nitrogens with one attached hydrogen (secondary N) is 2. The molecule has 0 fully saturated rings. The van der Waals surface area contributed by atoms with Crippen LogP contribution < -0.4 is 20.2 Å². The van der Waals surface area contributed by atoms with Crippen LogP contribution in [0.15, 0.2) is 58.0 Å². The van der Waals surface area contributed by atoms with Crippen molar-refractivity contribution in [3.63, 3.8) is 0 Å². The molecule has 0 radical (unpaired) electrons. The maximum atomic E-state index is 11.9. The number of anilines is 1. The molecule has 1 aromatic heterocycles. The van der Waals surface area contributed by atoms with E-state index in [4.69, 9.17) is 37.1 Å². The number of fused-ring (bicyclic) bond motifs is 1. The first-order valence-electron chi connectivity index (χ1n) is 8.59. The van der Waals surface area contributed by atoms with E-state index in [2.05, 4.69) is 15.8 Å². The highest BCUT2D eigenvalue weighted by atomic mass is 35.5. The van der Waals surface area contributed by atoms with Gasteiger partial charge in [-0.25, -0.2) is 5.43 Å². The number of nitrogens with zero attached hydrogens (tertiary/aromatic N) is 1. The minimum atomic E-state index is -0.313. The average Bonchev–Trinajstić information content (AvgIpc) is 3.35. The van der Waals surface area contributed by atoms with Gasteiger partial charge in [-0.3, -0.25) is 4.79 Å². The molecule has 4 rings (SSSR count). The standard InChI is InChI=1S/C20H15Cl2N3O4/c21-12-1-4-15(16(22)7-12)17-6-3-14(29-17)9-24-25-20(26)10-23-13-2-5-18-19(8-13)28-11-27-18/h1-9,23H,10-11H2,(H,25,26)/b24-9+. The zero-order valence-corrected chi connectivity index (χ0v) is 16.5. The third kappa shape index (κ3) is 4.64. The largest absolute Gasteiger partial charge is 0.455 e. The van der Waals surface area contributed by atoms with Crippen LogP contribution in [0.25, 0.3) is 11.3 Å². The normalized spacial score (nSPS) is 12.3. The molecule has 1 aliphatic heterocycles. The van der Waals surface area contributed by atoms with E-state index < -0.39 is 0 Å². The summed E-state index contributed by atoms with van der Waals surface area (Å²) < 4.78 is 16.2. The second kappa shape index (κ2) is 8.46. The number of rotatable bonds is 6. The zero-order valence-electron chi connectivity index (χ0n) is 14.9. The Labute approximate surface area is 176 Å². The molecular formula is C20H15Cl2N3O4. The lowest BCUT2D eigenvalue weighted by atomic mass is 10.2. The van der Waals surface area contributed by atoms with E-state index in [1.807, 2.05) is 0 Å². The second-order valence-corrected chi connectivity index (χ2v) is 6.88. The molecule has 0 aliphatic carbocycles. The van der Waals surface area contributed by atoms with Gasteiger partial charge in [0.2, 0.25) is 6.79 Å². The van der Waals surface area contributed by atoms with Gasteiger partial charge < -0.3 is 19.2 Å². The first-order valence-corrected chi connectivity index (χ1v) is 9.35. The van der Waals surface area contributed by atoms with Crippen LogP contribution in [0, 0.1) is 0 Å². The number of furan rings is 1. The highest BCUT2D eigenvalue weighted by Gasteiger charge is 2.13. The second-order valence-electron chi connectivity index (χ2n) is 6.04. The van der Waals surface area contributed by atoms with E-state index >= 15 is 0 Å². The van der Waals surface area contributed by atoms with Gasteiger partial charge >= 0.3 is 0 Å². The average molecular weight is 432 g/mol. The van der Waals surface area contributed by atoms with Gasteiger partial charge in [-0.15, -0.1) is 0 Å². The Morgan fingerprint density at radius 3 is 2.79 bits per heavy atom. The molecule has 2 N–H and O–H groups in total. The summed E-state index contributed by atoms with van der Waals surface area (Å²) in [6, 6.07) is 14.0.